The summed E-state index contributed by atoms with van der Waals surface area (Å²) >= 11 is 3.25. The summed E-state index contributed by atoms with van der Waals surface area (Å²) in [6.07, 6.45) is 5.65. The lowest BCUT2D eigenvalue weighted by Crippen LogP contribution is -2.27. The van der Waals surface area contributed by atoms with Crippen molar-refractivity contribution in [3.8, 4) is 12.3 Å². The SMILES string of the molecule is C#CCC(NN)c1ccc(F)cc1Br. The molecular formula is C10H10BrFN2. The summed E-state index contributed by atoms with van der Waals surface area (Å²) in [6, 6.07) is 4.26. The molecular weight excluding hydrogens is 247 g/mol. The molecule has 14 heavy (non-hydrogen) atoms. The van der Waals surface area contributed by atoms with Gasteiger partial charge in [-0.2, -0.15) is 0 Å². The first-order valence-corrected chi connectivity index (χ1v) is 4.83. The molecule has 0 fully saturated rings. The number of halogens is 2. The van der Waals surface area contributed by atoms with Gasteiger partial charge in [0.25, 0.3) is 0 Å². The summed E-state index contributed by atoms with van der Waals surface area (Å²) in [5, 5.41) is 0. The van der Waals surface area contributed by atoms with Gasteiger partial charge in [-0.05, 0) is 17.7 Å². The highest BCUT2D eigenvalue weighted by Gasteiger charge is 2.11. The Balaban J connectivity index is 2.99. The predicted molar refractivity (Wildman–Crippen MR) is 57.6 cm³/mol. The lowest BCUT2D eigenvalue weighted by atomic mass is 10.1. The lowest BCUT2D eigenvalue weighted by molar-refractivity contribution is 0.562. The van der Waals surface area contributed by atoms with Crippen LogP contribution < -0.4 is 11.3 Å². The van der Waals surface area contributed by atoms with Crippen molar-refractivity contribution in [1.29, 1.82) is 0 Å². The molecule has 1 rings (SSSR count). The fourth-order valence-corrected chi connectivity index (χ4v) is 1.79. The lowest BCUT2D eigenvalue weighted by Gasteiger charge is -2.14. The summed E-state index contributed by atoms with van der Waals surface area (Å²) in [6.45, 7) is 0. The third-order valence-electron chi connectivity index (χ3n) is 1.86. The highest BCUT2D eigenvalue weighted by Crippen LogP contribution is 2.25. The van der Waals surface area contributed by atoms with Gasteiger partial charge in [0, 0.05) is 10.9 Å². The van der Waals surface area contributed by atoms with Gasteiger partial charge >= 0.3 is 0 Å². The number of terminal acetylenes is 1. The molecule has 2 nitrogen and oxygen atoms in total. The standard InChI is InChI=1S/C10H10BrFN2/c1-2-3-10(14-13)8-5-4-7(12)6-9(8)11/h1,4-6,10,14H,3,13H2. The van der Waals surface area contributed by atoms with Crippen molar-refractivity contribution in [3.63, 3.8) is 0 Å². The minimum absolute atomic E-state index is 0.157. The van der Waals surface area contributed by atoms with Crippen LogP contribution in [0.4, 0.5) is 4.39 Å². The van der Waals surface area contributed by atoms with Gasteiger partial charge in [-0.3, -0.25) is 11.3 Å². The van der Waals surface area contributed by atoms with Crippen molar-refractivity contribution in [2.75, 3.05) is 0 Å². The zero-order chi connectivity index (χ0) is 10.6. The maximum atomic E-state index is 12.8. The van der Waals surface area contributed by atoms with Crippen LogP contribution in [-0.2, 0) is 0 Å². The number of hydrogen-bond donors (Lipinski definition) is 2. The molecule has 1 aromatic carbocycles. The van der Waals surface area contributed by atoms with Crippen LogP contribution in [0.15, 0.2) is 22.7 Å². The van der Waals surface area contributed by atoms with E-state index in [-0.39, 0.29) is 11.9 Å². The number of nitrogens with two attached hydrogens (primary N) is 1. The fraction of sp³-hybridized carbons (Fsp3) is 0.200. The molecule has 0 saturated heterocycles. The Hall–Kier alpha value is -0.890. The van der Waals surface area contributed by atoms with Crippen molar-refractivity contribution >= 4 is 15.9 Å². The van der Waals surface area contributed by atoms with E-state index in [9.17, 15) is 4.39 Å². The Labute approximate surface area is 90.8 Å². The second kappa shape index (κ2) is 5.11. The third kappa shape index (κ3) is 2.55. The van der Waals surface area contributed by atoms with Gasteiger partial charge in [-0.25, -0.2) is 4.39 Å². The zero-order valence-corrected chi connectivity index (χ0v) is 9.01. The molecule has 0 aliphatic heterocycles. The Morgan fingerprint density at radius 3 is 2.86 bits per heavy atom. The average molecular weight is 257 g/mol. The maximum Gasteiger partial charge on any atom is 0.124 e. The Bertz CT molecular complexity index is 360. The Morgan fingerprint density at radius 2 is 2.36 bits per heavy atom. The highest BCUT2D eigenvalue weighted by atomic mass is 79.9. The summed E-state index contributed by atoms with van der Waals surface area (Å²) in [5.74, 6) is 7.55. The molecule has 0 saturated carbocycles. The van der Waals surface area contributed by atoms with Gasteiger partial charge in [0.1, 0.15) is 5.82 Å². The first-order valence-electron chi connectivity index (χ1n) is 4.03. The second-order valence-corrected chi connectivity index (χ2v) is 3.65. The highest BCUT2D eigenvalue weighted by molar-refractivity contribution is 9.10. The molecule has 4 heteroatoms. The van der Waals surface area contributed by atoms with Crippen molar-refractivity contribution in [1.82, 2.24) is 5.43 Å². The molecule has 0 spiro atoms. The zero-order valence-electron chi connectivity index (χ0n) is 7.43. The molecule has 0 aliphatic rings. The van der Waals surface area contributed by atoms with Crippen LogP contribution >= 0.6 is 15.9 Å². The van der Waals surface area contributed by atoms with Crippen LogP contribution in [-0.4, -0.2) is 0 Å². The minimum Gasteiger partial charge on any atom is -0.271 e. The molecule has 1 unspecified atom stereocenters. The molecule has 1 aromatic rings. The van der Waals surface area contributed by atoms with E-state index in [1.807, 2.05) is 0 Å². The average Bonchev–Trinajstić information content (AvgIpc) is 2.15. The third-order valence-corrected chi connectivity index (χ3v) is 2.55. The molecule has 0 heterocycles. The number of rotatable bonds is 3. The first-order chi connectivity index (χ1) is 6.69. The van der Waals surface area contributed by atoms with Gasteiger partial charge in [0.05, 0.1) is 6.04 Å². The van der Waals surface area contributed by atoms with Crippen LogP contribution in [0.25, 0.3) is 0 Å². The monoisotopic (exact) mass is 256 g/mol. The topological polar surface area (TPSA) is 38.0 Å². The minimum atomic E-state index is -0.294. The van der Waals surface area contributed by atoms with Gasteiger partial charge < -0.3 is 0 Å². The Kier molecular flexibility index (Phi) is 4.08. The molecule has 0 aromatic heterocycles. The smallest absolute Gasteiger partial charge is 0.124 e. The molecule has 74 valence electrons. The number of hydrogen-bond acceptors (Lipinski definition) is 2. The van der Waals surface area contributed by atoms with Gasteiger partial charge in [-0.15, -0.1) is 12.3 Å². The molecule has 0 amide bonds. The van der Waals surface area contributed by atoms with Crippen LogP contribution in [0.2, 0.25) is 0 Å². The van der Waals surface area contributed by atoms with Crippen LogP contribution in [0.3, 0.4) is 0 Å². The van der Waals surface area contributed by atoms with Crippen LogP contribution in [0, 0.1) is 18.2 Å². The van der Waals surface area contributed by atoms with Crippen LogP contribution in [0.5, 0.6) is 0 Å². The van der Waals surface area contributed by atoms with Crippen LogP contribution in [0.1, 0.15) is 18.0 Å². The molecule has 3 N–H and O–H groups in total. The van der Waals surface area contributed by atoms with E-state index < -0.39 is 0 Å². The van der Waals surface area contributed by atoms with Gasteiger partial charge in [0.2, 0.25) is 0 Å². The van der Waals surface area contributed by atoms with E-state index in [1.54, 1.807) is 6.07 Å². The molecule has 0 radical (unpaired) electrons. The normalized spacial score (nSPS) is 12.1. The molecule has 0 bridgehead atoms. The first kappa shape index (κ1) is 11.2. The van der Waals surface area contributed by atoms with Crippen molar-refractivity contribution < 1.29 is 4.39 Å². The Morgan fingerprint density at radius 1 is 1.64 bits per heavy atom. The number of hydrazine groups is 1. The van der Waals surface area contributed by atoms with E-state index in [0.29, 0.717) is 10.9 Å². The van der Waals surface area contributed by atoms with E-state index in [1.165, 1.54) is 12.1 Å². The quantitative estimate of drug-likeness (QED) is 0.494. The van der Waals surface area contributed by atoms with Crippen molar-refractivity contribution in [3.05, 3.63) is 34.1 Å². The molecule has 0 aliphatic carbocycles. The van der Waals surface area contributed by atoms with E-state index in [4.69, 9.17) is 12.3 Å². The van der Waals surface area contributed by atoms with E-state index in [2.05, 4.69) is 27.3 Å². The number of benzene rings is 1. The van der Waals surface area contributed by atoms with Gasteiger partial charge in [-0.1, -0.05) is 22.0 Å². The summed E-state index contributed by atoms with van der Waals surface area (Å²) in [5.41, 5.74) is 3.44. The fourth-order valence-electron chi connectivity index (χ4n) is 1.16. The second-order valence-electron chi connectivity index (χ2n) is 2.79. The summed E-state index contributed by atoms with van der Waals surface area (Å²) in [4.78, 5) is 0. The van der Waals surface area contributed by atoms with Crippen molar-refractivity contribution in [2.45, 2.75) is 12.5 Å². The maximum absolute atomic E-state index is 12.8. The van der Waals surface area contributed by atoms with Gasteiger partial charge in [0.15, 0.2) is 0 Å². The largest absolute Gasteiger partial charge is 0.271 e. The summed E-state index contributed by atoms with van der Waals surface area (Å²) in [7, 11) is 0. The van der Waals surface area contributed by atoms with E-state index >= 15 is 0 Å². The molecule has 1 atom stereocenters. The number of nitrogens with one attached hydrogen (secondary N) is 1. The van der Waals surface area contributed by atoms with Crippen molar-refractivity contribution in [2.24, 2.45) is 5.84 Å². The summed E-state index contributed by atoms with van der Waals surface area (Å²) < 4.78 is 13.4. The predicted octanol–water partition coefficient (Wildman–Crippen LogP) is 2.12. The van der Waals surface area contributed by atoms with E-state index in [0.717, 1.165) is 5.56 Å².